The van der Waals surface area contributed by atoms with E-state index in [0.29, 0.717) is 22.4 Å². The molecule has 0 unspecified atom stereocenters. The van der Waals surface area contributed by atoms with Crippen molar-refractivity contribution in [3.05, 3.63) is 90.5 Å². The number of likely N-dealkylation sites (tertiary alicyclic amines) is 1. The molecule has 0 bridgehead atoms. The lowest BCUT2D eigenvalue weighted by atomic mass is 10.0. The number of piperidine rings is 1. The monoisotopic (exact) mass is 531 g/mol. The van der Waals surface area contributed by atoms with Crippen molar-refractivity contribution in [3.63, 3.8) is 0 Å². The minimum atomic E-state index is -3.80. The van der Waals surface area contributed by atoms with Gasteiger partial charge in [-0.1, -0.05) is 62.4 Å². The SMILES string of the molecule is CC.O=S(=O)(c1ccccc1)n1ccc2c1ncc1nc(CO)n(C3CCN(Cc4ccccc4)CC3)c12. The van der Waals surface area contributed by atoms with Gasteiger partial charge in [-0.15, -0.1) is 0 Å². The molecule has 0 saturated carbocycles. The minimum Gasteiger partial charge on any atom is -0.388 e. The molecule has 6 rings (SSSR count). The quantitative estimate of drug-likeness (QED) is 0.332. The number of hydrogen-bond acceptors (Lipinski definition) is 6. The summed E-state index contributed by atoms with van der Waals surface area (Å²) in [7, 11) is -3.80. The highest BCUT2D eigenvalue weighted by atomic mass is 32.2. The Morgan fingerprint density at radius 3 is 2.26 bits per heavy atom. The molecule has 1 fully saturated rings. The van der Waals surface area contributed by atoms with Gasteiger partial charge in [0.25, 0.3) is 10.0 Å². The highest BCUT2D eigenvalue weighted by molar-refractivity contribution is 7.90. The largest absolute Gasteiger partial charge is 0.388 e. The molecule has 0 radical (unpaired) electrons. The first kappa shape index (κ1) is 26.1. The fourth-order valence-electron chi connectivity index (χ4n) is 5.28. The summed E-state index contributed by atoms with van der Waals surface area (Å²) in [5.41, 5.74) is 3.15. The predicted molar refractivity (Wildman–Crippen MR) is 149 cm³/mol. The molecule has 0 spiro atoms. The van der Waals surface area contributed by atoms with Gasteiger partial charge in [0.1, 0.15) is 17.9 Å². The van der Waals surface area contributed by atoms with Crippen molar-refractivity contribution < 1.29 is 13.5 Å². The van der Waals surface area contributed by atoms with Crippen LogP contribution in [-0.4, -0.2) is 50.0 Å². The Kier molecular flexibility index (Phi) is 7.60. The van der Waals surface area contributed by atoms with Gasteiger partial charge in [-0.3, -0.25) is 4.90 Å². The van der Waals surface area contributed by atoms with E-state index in [4.69, 9.17) is 0 Å². The zero-order valence-corrected chi connectivity index (χ0v) is 22.6. The Labute approximate surface area is 223 Å². The molecule has 38 heavy (non-hydrogen) atoms. The van der Waals surface area contributed by atoms with Crippen LogP contribution in [0.3, 0.4) is 0 Å². The van der Waals surface area contributed by atoms with Crippen LogP contribution < -0.4 is 0 Å². The number of aliphatic hydroxyl groups excluding tert-OH is 1. The molecule has 0 amide bonds. The van der Waals surface area contributed by atoms with Crippen LogP contribution in [0.25, 0.3) is 22.1 Å². The summed E-state index contributed by atoms with van der Waals surface area (Å²) >= 11 is 0. The Morgan fingerprint density at radius 2 is 1.61 bits per heavy atom. The van der Waals surface area contributed by atoms with Crippen LogP contribution in [0, 0.1) is 0 Å². The van der Waals surface area contributed by atoms with E-state index in [1.165, 1.54) is 9.54 Å². The third kappa shape index (κ3) is 4.73. The van der Waals surface area contributed by atoms with Gasteiger partial charge in [-0.2, -0.15) is 0 Å². The number of fused-ring (bicyclic) bond motifs is 3. The Hall–Kier alpha value is -3.53. The molecule has 8 nitrogen and oxygen atoms in total. The number of hydrogen-bond donors (Lipinski definition) is 1. The zero-order chi connectivity index (χ0) is 26.7. The van der Waals surface area contributed by atoms with E-state index < -0.39 is 10.0 Å². The molecule has 1 aliphatic heterocycles. The van der Waals surface area contributed by atoms with Gasteiger partial charge in [0.15, 0.2) is 5.65 Å². The van der Waals surface area contributed by atoms with Crippen molar-refractivity contribution in [1.29, 1.82) is 0 Å². The van der Waals surface area contributed by atoms with Crippen LogP contribution in [-0.2, 0) is 23.2 Å². The summed E-state index contributed by atoms with van der Waals surface area (Å²) < 4.78 is 30.0. The van der Waals surface area contributed by atoms with E-state index >= 15 is 0 Å². The molecule has 4 heterocycles. The third-order valence-electron chi connectivity index (χ3n) is 7.01. The van der Waals surface area contributed by atoms with E-state index in [1.54, 1.807) is 48.8 Å². The summed E-state index contributed by atoms with van der Waals surface area (Å²) in [4.78, 5) is 11.8. The maximum absolute atomic E-state index is 13.3. The van der Waals surface area contributed by atoms with Crippen molar-refractivity contribution in [2.45, 2.75) is 50.8 Å². The average Bonchev–Trinajstić information content (AvgIpc) is 3.57. The molecule has 2 aromatic carbocycles. The molecule has 0 aliphatic carbocycles. The van der Waals surface area contributed by atoms with Crippen molar-refractivity contribution >= 4 is 32.1 Å². The highest BCUT2D eigenvalue weighted by Crippen LogP contribution is 2.34. The summed E-state index contributed by atoms with van der Waals surface area (Å²) in [5.74, 6) is 0.583. The van der Waals surface area contributed by atoms with Crippen LogP contribution >= 0.6 is 0 Å². The number of nitrogens with zero attached hydrogens (tertiary/aromatic N) is 5. The van der Waals surface area contributed by atoms with Crippen molar-refractivity contribution in [2.75, 3.05) is 13.1 Å². The Balaban J connectivity index is 0.00000144. The number of aromatic nitrogens is 4. The normalized spacial score (nSPS) is 15.0. The molecule has 1 saturated heterocycles. The van der Waals surface area contributed by atoms with Crippen LogP contribution in [0.2, 0.25) is 0 Å². The van der Waals surface area contributed by atoms with Gasteiger partial charge in [0, 0.05) is 37.3 Å². The molecule has 1 N–H and O–H groups in total. The van der Waals surface area contributed by atoms with Crippen LogP contribution in [0.1, 0.15) is 44.1 Å². The standard InChI is InChI=1S/C27H27N5O3S.C2H6/c33-19-25-29-24-17-28-27-23(13-16-31(27)36(34,35)22-9-5-2-6-10-22)26(24)32(25)21-11-14-30(15-12-21)18-20-7-3-1-4-8-20;1-2/h1-10,13,16-17,21,33H,11-12,14-15,18-19H2;1-2H3. The van der Waals surface area contributed by atoms with Crippen LogP contribution in [0.4, 0.5) is 0 Å². The summed E-state index contributed by atoms with van der Waals surface area (Å²) in [6.07, 6.45) is 4.99. The number of rotatable bonds is 6. The Morgan fingerprint density at radius 1 is 0.947 bits per heavy atom. The van der Waals surface area contributed by atoms with Crippen molar-refractivity contribution in [1.82, 2.24) is 23.4 Å². The van der Waals surface area contributed by atoms with E-state index in [9.17, 15) is 13.5 Å². The van der Waals surface area contributed by atoms with E-state index in [1.807, 2.05) is 19.9 Å². The molecule has 1 aliphatic rings. The molecule has 3 aromatic heterocycles. The van der Waals surface area contributed by atoms with Gasteiger partial charge in [0.05, 0.1) is 16.6 Å². The van der Waals surface area contributed by atoms with Gasteiger partial charge in [-0.25, -0.2) is 22.4 Å². The number of benzene rings is 2. The second-order valence-corrected chi connectivity index (χ2v) is 11.0. The second kappa shape index (κ2) is 11.1. The van der Waals surface area contributed by atoms with E-state index in [2.05, 4.69) is 43.7 Å². The van der Waals surface area contributed by atoms with Gasteiger partial charge in [-0.05, 0) is 36.6 Å². The highest BCUT2D eigenvalue weighted by Gasteiger charge is 2.27. The van der Waals surface area contributed by atoms with Crippen molar-refractivity contribution in [2.24, 2.45) is 0 Å². The molecule has 0 atom stereocenters. The van der Waals surface area contributed by atoms with Gasteiger partial charge in [0.2, 0.25) is 0 Å². The summed E-state index contributed by atoms with van der Waals surface area (Å²) in [6, 6.07) is 20.8. The molecule has 9 heteroatoms. The first-order chi connectivity index (χ1) is 18.6. The third-order valence-corrected chi connectivity index (χ3v) is 8.69. The maximum Gasteiger partial charge on any atom is 0.269 e. The topological polar surface area (TPSA) is 93.2 Å². The second-order valence-electron chi connectivity index (χ2n) is 9.21. The minimum absolute atomic E-state index is 0.156. The van der Waals surface area contributed by atoms with E-state index in [-0.39, 0.29) is 17.5 Å². The molecular formula is C29H33N5O3S. The van der Waals surface area contributed by atoms with Gasteiger partial charge >= 0.3 is 0 Å². The maximum atomic E-state index is 13.3. The average molecular weight is 532 g/mol. The fraction of sp³-hybridized carbons (Fsp3) is 0.310. The number of aliphatic hydroxyl groups is 1. The summed E-state index contributed by atoms with van der Waals surface area (Å²) in [5, 5.41) is 10.9. The first-order valence-corrected chi connectivity index (χ1v) is 14.5. The van der Waals surface area contributed by atoms with Crippen molar-refractivity contribution in [3.8, 4) is 0 Å². The predicted octanol–water partition coefficient (Wildman–Crippen LogP) is 4.98. The lowest BCUT2D eigenvalue weighted by molar-refractivity contribution is 0.174. The zero-order valence-electron chi connectivity index (χ0n) is 21.7. The van der Waals surface area contributed by atoms with E-state index in [0.717, 1.165) is 38.0 Å². The first-order valence-electron chi connectivity index (χ1n) is 13.1. The molecular weight excluding hydrogens is 498 g/mol. The number of imidazole rings is 1. The van der Waals surface area contributed by atoms with Gasteiger partial charge < -0.3 is 9.67 Å². The number of pyridine rings is 1. The lowest BCUT2D eigenvalue weighted by Crippen LogP contribution is -2.34. The van der Waals surface area contributed by atoms with Crippen LogP contribution in [0.15, 0.2) is 84.0 Å². The van der Waals surface area contributed by atoms with Crippen LogP contribution in [0.5, 0.6) is 0 Å². The smallest absolute Gasteiger partial charge is 0.269 e. The summed E-state index contributed by atoms with van der Waals surface area (Å²) in [6.45, 7) is 6.59. The Bertz CT molecular complexity index is 1620. The molecule has 5 aromatic rings. The molecule has 198 valence electrons. The lowest BCUT2D eigenvalue weighted by Gasteiger charge is -2.33. The fourth-order valence-corrected chi connectivity index (χ4v) is 6.60.